The molecule has 0 unspecified atom stereocenters. The number of hydrogen-bond donors (Lipinski definition) is 1. The molecule has 0 spiro atoms. The zero-order chi connectivity index (χ0) is 19.8. The quantitative estimate of drug-likeness (QED) is 0.799. The molecule has 1 N–H and O–H groups in total. The van der Waals surface area contributed by atoms with Crippen LogP contribution in [0.3, 0.4) is 0 Å². The summed E-state index contributed by atoms with van der Waals surface area (Å²) in [4.78, 5) is 13.9. The van der Waals surface area contributed by atoms with Gasteiger partial charge < -0.3 is 4.90 Å². The minimum atomic E-state index is -5.67. The van der Waals surface area contributed by atoms with Crippen LogP contribution in [-0.2, 0) is 23.0 Å². The molecule has 10 heteroatoms. The molecule has 1 heterocycles. The van der Waals surface area contributed by atoms with Gasteiger partial charge in [-0.3, -0.25) is 9.52 Å². The second-order valence-corrected chi connectivity index (χ2v) is 7.66. The lowest BCUT2D eigenvalue weighted by Gasteiger charge is -2.29. The Morgan fingerprint density at radius 2 is 1.81 bits per heavy atom. The Labute approximate surface area is 152 Å². The number of amides is 1. The molecule has 0 bridgehead atoms. The summed E-state index contributed by atoms with van der Waals surface area (Å²) in [6.45, 7) is 0.0401. The third-order valence-electron chi connectivity index (χ3n) is 4.16. The fourth-order valence-electron chi connectivity index (χ4n) is 2.83. The van der Waals surface area contributed by atoms with Gasteiger partial charge in [0.15, 0.2) is 0 Å². The van der Waals surface area contributed by atoms with Crippen molar-refractivity contribution < 1.29 is 30.8 Å². The summed E-state index contributed by atoms with van der Waals surface area (Å²) in [5, 5.41) is 0. The van der Waals surface area contributed by atoms with Crippen LogP contribution in [0, 0.1) is 5.82 Å². The highest BCUT2D eigenvalue weighted by atomic mass is 32.2. The molecule has 1 aliphatic heterocycles. The number of sulfonamides is 1. The first kappa shape index (κ1) is 19.2. The molecule has 2 aromatic carbocycles. The van der Waals surface area contributed by atoms with Gasteiger partial charge in [-0.05, 0) is 41.8 Å². The van der Waals surface area contributed by atoms with Crippen molar-refractivity contribution in [1.82, 2.24) is 4.90 Å². The second kappa shape index (κ2) is 6.84. The van der Waals surface area contributed by atoms with Gasteiger partial charge >= 0.3 is 15.5 Å². The van der Waals surface area contributed by atoms with Crippen molar-refractivity contribution in [2.24, 2.45) is 0 Å². The van der Waals surface area contributed by atoms with E-state index in [4.69, 9.17) is 0 Å². The zero-order valence-corrected chi connectivity index (χ0v) is 14.6. The number of alkyl halides is 3. The Kier molecular flexibility index (Phi) is 4.85. The van der Waals surface area contributed by atoms with E-state index in [-0.39, 0.29) is 24.6 Å². The Bertz CT molecular complexity index is 990. The third-order valence-corrected chi connectivity index (χ3v) is 5.26. The number of carbonyl (C=O) groups is 1. The van der Waals surface area contributed by atoms with Crippen molar-refractivity contribution in [1.29, 1.82) is 0 Å². The van der Waals surface area contributed by atoms with Crippen LogP contribution in [0.4, 0.5) is 23.2 Å². The van der Waals surface area contributed by atoms with Crippen LogP contribution >= 0.6 is 0 Å². The number of anilines is 1. The summed E-state index contributed by atoms with van der Waals surface area (Å²) in [5.74, 6) is -1.12. The van der Waals surface area contributed by atoms with Crippen molar-refractivity contribution in [3.63, 3.8) is 0 Å². The predicted molar refractivity (Wildman–Crippen MR) is 89.9 cm³/mol. The molecular weight excluding hydrogens is 388 g/mol. The number of fused-ring (bicyclic) bond motifs is 1. The number of hydrogen-bond acceptors (Lipinski definition) is 3. The van der Waals surface area contributed by atoms with E-state index in [9.17, 15) is 30.8 Å². The first-order valence-corrected chi connectivity index (χ1v) is 9.31. The molecule has 27 heavy (non-hydrogen) atoms. The molecule has 0 aliphatic carbocycles. The Balaban J connectivity index is 1.90. The van der Waals surface area contributed by atoms with Crippen LogP contribution in [0.1, 0.15) is 21.5 Å². The van der Waals surface area contributed by atoms with Crippen molar-refractivity contribution in [2.75, 3.05) is 11.3 Å². The summed E-state index contributed by atoms with van der Waals surface area (Å²) >= 11 is 0. The predicted octanol–water partition coefficient (Wildman–Crippen LogP) is 3.29. The van der Waals surface area contributed by atoms with Gasteiger partial charge in [-0.2, -0.15) is 21.6 Å². The average molecular weight is 402 g/mol. The Morgan fingerprint density at radius 1 is 1.11 bits per heavy atom. The second-order valence-electron chi connectivity index (χ2n) is 5.99. The summed E-state index contributed by atoms with van der Waals surface area (Å²) in [7, 11) is -5.67. The van der Waals surface area contributed by atoms with Crippen molar-refractivity contribution in [3.05, 3.63) is 65.0 Å². The lowest BCUT2D eigenvalue weighted by atomic mass is 9.98. The molecule has 2 aromatic rings. The van der Waals surface area contributed by atoms with Crippen LogP contribution in [0.25, 0.3) is 0 Å². The van der Waals surface area contributed by atoms with Gasteiger partial charge in [0.25, 0.3) is 5.91 Å². The molecule has 144 valence electrons. The first-order valence-electron chi connectivity index (χ1n) is 7.83. The van der Waals surface area contributed by atoms with E-state index in [0.29, 0.717) is 12.0 Å². The number of halogens is 4. The molecule has 1 aliphatic rings. The summed E-state index contributed by atoms with van der Waals surface area (Å²) in [5.41, 5.74) is -4.72. The van der Waals surface area contributed by atoms with Crippen LogP contribution in [0.15, 0.2) is 42.5 Å². The maximum Gasteiger partial charge on any atom is 0.516 e. The summed E-state index contributed by atoms with van der Waals surface area (Å²) in [6.07, 6.45) is 0.529. The van der Waals surface area contributed by atoms with E-state index in [1.54, 1.807) is 24.3 Å². The van der Waals surface area contributed by atoms with Gasteiger partial charge in [-0.25, -0.2) is 4.39 Å². The molecule has 0 saturated heterocycles. The molecule has 5 nitrogen and oxygen atoms in total. The number of benzene rings is 2. The van der Waals surface area contributed by atoms with Crippen molar-refractivity contribution >= 4 is 21.6 Å². The molecule has 0 atom stereocenters. The molecule has 0 aromatic heterocycles. The van der Waals surface area contributed by atoms with E-state index in [1.165, 1.54) is 9.62 Å². The largest absolute Gasteiger partial charge is 0.516 e. The third kappa shape index (κ3) is 3.90. The van der Waals surface area contributed by atoms with E-state index < -0.39 is 27.0 Å². The van der Waals surface area contributed by atoms with Gasteiger partial charge in [0.2, 0.25) is 0 Å². The lowest BCUT2D eigenvalue weighted by Crippen LogP contribution is -2.37. The van der Waals surface area contributed by atoms with Crippen molar-refractivity contribution in [3.8, 4) is 0 Å². The smallest absolute Gasteiger partial charge is 0.334 e. The minimum Gasteiger partial charge on any atom is -0.334 e. The van der Waals surface area contributed by atoms with Gasteiger partial charge in [0.1, 0.15) is 5.82 Å². The van der Waals surface area contributed by atoms with Crippen LogP contribution in [0.2, 0.25) is 0 Å². The molecule has 0 fully saturated rings. The van der Waals surface area contributed by atoms with Crippen LogP contribution < -0.4 is 4.72 Å². The lowest BCUT2D eigenvalue weighted by molar-refractivity contribution is -0.0429. The molecule has 0 radical (unpaired) electrons. The fraction of sp³-hybridized carbons (Fsp3) is 0.235. The van der Waals surface area contributed by atoms with E-state index >= 15 is 0 Å². The van der Waals surface area contributed by atoms with Gasteiger partial charge in [0, 0.05) is 18.7 Å². The maximum atomic E-state index is 13.6. The monoisotopic (exact) mass is 402 g/mol. The first-order chi connectivity index (χ1) is 12.6. The zero-order valence-electron chi connectivity index (χ0n) is 13.8. The normalized spacial score (nSPS) is 14.8. The van der Waals surface area contributed by atoms with Gasteiger partial charge in [0.05, 0.1) is 5.69 Å². The highest BCUT2D eigenvalue weighted by molar-refractivity contribution is 7.93. The molecule has 3 rings (SSSR count). The number of nitrogens with zero attached hydrogens (tertiary/aromatic N) is 1. The van der Waals surface area contributed by atoms with Gasteiger partial charge in [-0.15, -0.1) is 0 Å². The highest BCUT2D eigenvalue weighted by Gasteiger charge is 2.46. The maximum absolute atomic E-state index is 13.6. The Morgan fingerprint density at radius 3 is 2.52 bits per heavy atom. The van der Waals surface area contributed by atoms with E-state index in [1.807, 2.05) is 0 Å². The Hall–Kier alpha value is -2.62. The SMILES string of the molecule is O=C1c2ccccc2CCN1Cc1cc(F)ccc1NS(=O)(=O)C(F)(F)F. The van der Waals surface area contributed by atoms with E-state index in [0.717, 1.165) is 23.8 Å². The van der Waals surface area contributed by atoms with E-state index in [2.05, 4.69) is 0 Å². The topological polar surface area (TPSA) is 66.5 Å². The van der Waals surface area contributed by atoms with Crippen molar-refractivity contribution in [2.45, 2.75) is 18.5 Å². The number of carbonyl (C=O) groups excluding carboxylic acids is 1. The number of rotatable bonds is 4. The van der Waals surface area contributed by atoms with Crippen LogP contribution in [0.5, 0.6) is 0 Å². The minimum absolute atomic E-state index is 0.0736. The summed E-state index contributed by atoms with van der Waals surface area (Å²) < 4.78 is 75.6. The highest BCUT2D eigenvalue weighted by Crippen LogP contribution is 2.29. The molecule has 1 amide bonds. The molecular formula is C17H14F4N2O3S. The average Bonchev–Trinajstić information content (AvgIpc) is 2.59. The fourth-order valence-corrected chi connectivity index (χ4v) is 3.43. The summed E-state index contributed by atoms with van der Waals surface area (Å²) in [6, 6.07) is 9.55. The number of nitrogens with one attached hydrogen (secondary N) is 1. The standard InChI is InChI=1S/C17H14F4N2O3S/c18-13-5-6-15(22-27(25,26)17(19,20)21)12(9-13)10-23-8-7-11-3-1-2-4-14(11)16(23)24/h1-6,9,22H,7-8,10H2. The molecule has 0 saturated carbocycles. The van der Waals surface area contributed by atoms with Gasteiger partial charge in [-0.1, -0.05) is 18.2 Å². The van der Waals surface area contributed by atoms with Crippen LogP contribution in [-0.4, -0.2) is 31.3 Å².